The zero-order valence-electron chi connectivity index (χ0n) is 26.8. The molecule has 240 valence electrons. The molecule has 0 radical (unpaired) electrons. The van der Waals surface area contributed by atoms with E-state index in [-0.39, 0.29) is 12.0 Å². The van der Waals surface area contributed by atoms with Crippen LogP contribution < -0.4 is 14.8 Å². The molecule has 1 aromatic carbocycles. The summed E-state index contributed by atoms with van der Waals surface area (Å²) in [4.78, 5) is 28.2. The van der Waals surface area contributed by atoms with E-state index in [4.69, 9.17) is 26.1 Å². The summed E-state index contributed by atoms with van der Waals surface area (Å²) in [6.07, 6.45) is 11.8. The van der Waals surface area contributed by atoms with Gasteiger partial charge in [0.25, 0.3) is 0 Å². The predicted octanol–water partition coefficient (Wildman–Crippen LogP) is 6.50. The average Bonchev–Trinajstić information content (AvgIpc) is 3.44. The maximum atomic E-state index is 14.2. The molecule has 3 aromatic rings. The van der Waals surface area contributed by atoms with Crippen LogP contribution in [0, 0.1) is 11.8 Å². The Hall–Kier alpha value is -3.72. The van der Waals surface area contributed by atoms with Gasteiger partial charge in [0.15, 0.2) is 0 Å². The van der Waals surface area contributed by atoms with Crippen molar-refractivity contribution in [1.29, 1.82) is 0 Å². The summed E-state index contributed by atoms with van der Waals surface area (Å²) in [5, 5.41) is 3.61. The zero-order valence-corrected chi connectivity index (χ0v) is 27.6. The van der Waals surface area contributed by atoms with Crippen molar-refractivity contribution >= 4 is 23.3 Å². The third-order valence-electron chi connectivity index (χ3n) is 9.75. The maximum absolute atomic E-state index is 14.2. The topological polar surface area (TPSA) is 79.8 Å². The SMILES string of the molecule is COc1nc(OC2CCc3c2cccc3C2(C(=O)Nc3ccc(CN4CC(C)C4)cn3)C=CC=CC2)c(Cl)cc1CN1CC(C)C1. The summed E-state index contributed by atoms with van der Waals surface area (Å²) in [5.41, 5.74) is 4.44. The molecule has 1 N–H and O–H groups in total. The molecular weight excluding hydrogens is 598 g/mol. The first-order valence-electron chi connectivity index (χ1n) is 16.4. The minimum absolute atomic E-state index is 0.0932. The number of nitrogens with zero attached hydrogens (tertiary/aromatic N) is 4. The molecule has 8 nitrogen and oxygen atoms in total. The molecule has 4 aliphatic rings. The number of carbonyl (C=O) groups is 1. The van der Waals surface area contributed by atoms with Crippen LogP contribution in [-0.4, -0.2) is 59.0 Å². The molecule has 2 saturated heterocycles. The summed E-state index contributed by atoms with van der Waals surface area (Å²) in [5.74, 6) is 2.84. The highest BCUT2D eigenvalue weighted by atomic mass is 35.5. The third-order valence-corrected chi connectivity index (χ3v) is 10.0. The number of rotatable bonds is 10. The van der Waals surface area contributed by atoms with Gasteiger partial charge in [0.1, 0.15) is 16.9 Å². The lowest BCUT2D eigenvalue weighted by Crippen LogP contribution is -2.44. The number of fused-ring (bicyclic) bond motifs is 1. The number of aromatic nitrogens is 2. The van der Waals surface area contributed by atoms with Crippen LogP contribution in [0.2, 0.25) is 5.02 Å². The molecule has 7 rings (SSSR count). The minimum atomic E-state index is -0.863. The number of halogens is 1. The molecule has 2 aromatic heterocycles. The van der Waals surface area contributed by atoms with Gasteiger partial charge < -0.3 is 14.8 Å². The Kier molecular flexibility index (Phi) is 8.61. The smallest absolute Gasteiger partial charge is 0.240 e. The molecule has 2 unspecified atom stereocenters. The second-order valence-electron chi connectivity index (χ2n) is 13.5. The molecule has 2 atom stereocenters. The molecule has 9 heteroatoms. The highest BCUT2D eigenvalue weighted by molar-refractivity contribution is 6.31. The number of amides is 1. The van der Waals surface area contributed by atoms with Crippen LogP contribution in [0.5, 0.6) is 11.8 Å². The Labute approximate surface area is 276 Å². The van der Waals surface area contributed by atoms with Crippen molar-refractivity contribution in [3.8, 4) is 11.8 Å². The van der Waals surface area contributed by atoms with Crippen molar-refractivity contribution in [2.24, 2.45) is 11.8 Å². The zero-order chi connectivity index (χ0) is 31.8. The number of anilines is 1. The lowest BCUT2D eigenvalue weighted by Gasteiger charge is -2.37. The molecule has 2 fully saturated rings. The van der Waals surface area contributed by atoms with Crippen molar-refractivity contribution in [2.75, 3.05) is 38.6 Å². The van der Waals surface area contributed by atoms with Gasteiger partial charge in [-0.3, -0.25) is 14.6 Å². The predicted molar refractivity (Wildman–Crippen MR) is 180 cm³/mol. The number of allylic oxidation sites excluding steroid dienone is 3. The first-order chi connectivity index (χ1) is 22.3. The summed E-state index contributed by atoms with van der Waals surface area (Å²) in [6.45, 7) is 10.5. The third kappa shape index (κ3) is 6.06. The Morgan fingerprint density at radius 3 is 2.50 bits per heavy atom. The van der Waals surface area contributed by atoms with E-state index >= 15 is 0 Å². The summed E-state index contributed by atoms with van der Waals surface area (Å²) in [7, 11) is 1.63. The standard InChI is InChI=1S/C37H42ClN5O3/c1-24-18-42(19-24)22-26-10-13-33(39-17-26)40-36(44)37(14-5-4-6-15-37)30-9-7-8-29-28(30)11-12-32(29)46-35-31(38)16-27(34(41-35)45-3)23-43-20-25(2)21-43/h4-10,13-14,16-17,24-25,32H,11-12,15,18-23H2,1-3H3,(H,39,40,44). The maximum Gasteiger partial charge on any atom is 0.240 e. The Morgan fingerprint density at radius 2 is 1.83 bits per heavy atom. The average molecular weight is 640 g/mol. The summed E-state index contributed by atoms with van der Waals surface area (Å²) in [6, 6.07) is 12.1. The van der Waals surface area contributed by atoms with E-state index in [1.165, 1.54) is 0 Å². The van der Waals surface area contributed by atoms with Crippen molar-refractivity contribution < 1.29 is 14.3 Å². The summed E-state index contributed by atoms with van der Waals surface area (Å²) >= 11 is 6.74. The number of hydrogen-bond donors (Lipinski definition) is 1. The lowest BCUT2D eigenvalue weighted by atomic mass is 9.72. The van der Waals surface area contributed by atoms with Gasteiger partial charge in [0.05, 0.1) is 12.5 Å². The Morgan fingerprint density at radius 1 is 1.04 bits per heavy atom. The van der Waals surface area contributed by atoms with E-state index in [0.29, 0.717) is 34.9 Å². The van der Waals surface area contributed by atoms with Gasteiger partial charge in [-0.2, -0.15) is 4.98 Å². The molecule has 2 aliphatic heterocycles. The number of nitrogens with one attached hydrogen (secondary N) is 1. The van der Waals surface area contributed by atoms with Crippen LogP contribution in [0.25, 0.3) is 0 Å². The molecule has 4 heterocycles. The number of pyridine rings is 2. The number of likely N-dealkylation sites (tertiary alicyclic amines) is 2. The monoisotopic (exact) mass is 639 g/mol. The van der Waals surface area contributed by atoms with Crippen LogP contribution in [-0.2, 0) is 29.7 Å². The normalized spacial score (nSPS) is 23.1. The van der Waals surface area contributed by atoms with Crippen LogP contribution >= 0.6 is 11.6 Å². The van der Waals surface area contributed by atoms with Crippen molar-refractivity contribution in [2.45, 2.75) is 57.7 Å². The molecule has 0 spiro atoms. The number of methoxy groups -OCH3 is 1. The van der Waals surface area contributed by atoms with E-state index < -0.39 is 5.41 Å². The number of benzene rings is 1. The van der Waals surface area contributed by atoms with E-state index in [1.807, 2.05) is 42.6 Å². The van der Waals surface area contributed by atoms with Crippen molar-refractivity contribution in [1.82, 2.24) is 19.8 Å². The largest absolute Gasteiger partial charge is 0.481 e. The second-order valence-corrected chi connectivity index (χ2v) is 13.9. The lowest BCUT2D eigenvalue weighted by molar-refractivity contribution is -0.120. The van der Waals surface area contributed by atoms with Gasteiger partial charge in [-0.25, -0.2) is 4.98 Å². The molecule has 0 saturated carbocycles. The fourth-order valence-electron chi connectivity index (χ4n) is 7.50. The van der Waals surface area contributed by atoms with Crippen LogP contribution in [0.4, 0.5) is 5.82 Å². The van der Waals surface area contributed by atoms with Crippen molar-refractivity contribution in [3.63, 3.8) is 0 Å². The number of hydrogen-bond acceptors (Lipinski definition) is 7. The van der Waals surface area contributed by atoms with Crippen LogP contribution in [0.15, 0.2) is 66.9 Å². The second kappa shape index (κ2) is 12.8. The molecule has 46 heavy (non-hydrogen) atoms. The van der Waals surface area contributed by atoms with Gasteiger partial charge in [0.2, 0.25) is 17.7 Å². The molecular formula is C37H42ClN5O3. The summed E-state index contributed by atoms with van der Waals surface area (Å²) < 4.78 is 12.1. The van der Waals surface area contributed by atoms with E-state index in [2.05, 4.69) is 58.2 Å². The van der Waals surface area contributed by atoms with Gasteiger partial charge >= 0.3 is 0 Å². The molecule has 2 aliphatic carbocycles. The number of carbonyl (C=O) groups excluding carboxylic acids is 1. The van der Waals surface area contributed by atoms with Gasteiger partial charge in [-0.05, 0) is 65.5 Å². The van der Waals surface area contributed by atoms with Gasteiger partial charge in [-0.1, -0.05) is 74.0 Å². The quantitative estimate of drug-likeness (QED) is 0.271. The minimum Gasteiger partial charge on any atom is -0.481 e. The fourth-order valence-corrected chi connectivity index (χ4v) is 7.72. The van der Waals surface area contributed by atoms with Crippen LogP contribution in [0.1, 0.15) is 60.6 Å². The van der Waals surface area contributed by atoms with Gasteiger partial charge in [0, 0.05) is 51.0 Å². The van der Waals surface area contributed by atoms with Gasteiger partial charge in [-0.15, -0.1) is 0 Å². The van der Waals surface area contributed by atoms with Crippen LogP contribution in [0.3, 0.4) is 0 Å². The highest BCUT2D eigenvalue weighted by Crippen LogP contribution is 2.44. The van der Waals surface area contributed by atoms with Crippen molar-refractivity contribution in [3.05, 3.63) is 99.7 Å². The fraction of sp³-hybridized carbons (Fsp3) is 0.432. The Balaban J connectivity index is 1.10. The first kappa shape index (κ1) is 30.9. The molecule has 0 bridgehead atoms. The Bertz CT molecular complexity index is 1660. The van der Waals surface area contributed by atoms with E-state index in [1.54, 1.807) is 7.11 Å². The van der Waals surface area contributed by atoms with E-state index in [9.17, 15) is 4.79 Å². The first-order valence-corrected chi connectivity index (χ1v) is 16.8. The highest BCUT2D eigenvalue weighted by Gasteiger charge is 2.42. The molecule has 1 amide bonds. The van der Waals surface area contributed by atoms with E-state index in [0.717, 1.165) is 85.8 Å². The number of ether oxygens (including phenoxy) is 2.